The Balaban J connectivity index is 1.70. The van der Waals surface area contributed by atoms with Gasteiger partial charge in [-0.15, -0.1) is 0 Å². The summed E-state index contributed by atoms with van der Waals surface area (Å²) >= 11 is 5.86. The number of rotatable bonds is 5. The SMILES string of the molecule is Nc1c(NNC(=O)c2cccnc2)ncnc1Nc1ccc(Cl)cc1. The summed E-state index contributed by atoms with van der Waals surface area (Å²) in [6.45, 7) is 0. The number of nitrogen functional groups attached to an aromatic ring is 1. The van der Waals surface area contributed by atoms with Crippen LogP contribution in [0.15, 0.2) is 55.1 Å². The molecule has 1 aromatic carbocycles. The Bertz CT molecular complexity index is 871. The highest BCUT2D eigenvalue weighted by Crippen LogP contribution is 2.25. The largest absolute Gasteiger partial charge is 0.393 e. The molecule has 1 amide bonds. The summed E-state index contributed by atoms with van der Waals surface area (Å²) in [6.07, 6.45) is 4.36. The van der Waals surface area contributed by atoms with Gasteiger partial charge in [0.2, 0.25) is 0 Å². The average molecular weight is 356 g/mol. The minimum atomic E-state index is -0.363. The normalized spacial score (nSPS) is 10.1. The molecule has 9 heteroatoms. The predicted octanol–water partition coefficient (Wildman–Crippen LogP) is 2.61. The fourth-order valence-corrected chi connectivity index (χ4v) is 2.08. The smallest absolute Gasteiger partial charge is 0.271 e. The number of carbonyl (C=O) groups excluding carboxylic acids is 1. The minimum absolute atomic E-state index is 0.254. The molecule has 3 aromatic rings. The highest BCUT2D eigenvalue weighted by molar-refractivity contribution is 6.30. The van der Waals surface area contributed by atoms with Gasteiger partial charge in [-0.1, -0.05) is 11.6 Å². The summed E-state index contributed by atoms with van der Waals surface area (Å²) in [5, 5.41) is 3.69. The van der Waals surface area contributed by atoms with Crippen molar-refractivity contribution >= 4 is 40.5 Å². The lowest BCUT2D eigenvalue weighted by Gasteiger charge is -2.13. The Morgan fingerprint density at radius 1 is 1.08 bits per heavy atom. The number of anilines is 4. The van der Waals surface area contributed by atoms with E-state index >= 15 is 0 Å². The van der Waals surface area contributed by atoms with Crippen LogP contribution in [0, 0.1) is 0 Å². The Morgan fingerprint density at radius 3 is 2.56 bits per heavy atom. The van der Waals surface area contributed by atoms with Crippen LogP contribution in [0.4, 0.5) is 23.0 Å². The summed E-state index contributed by atoms with van der Waals surface area (Å²) in [5.41, 5.74) is 12.7. The summed E-state index contributed by atoms with van der Waals surface area (Å²) in [4.78, 5) is 24.0. The predicted molar refractivity (Wildman–Crippen MR) is 96.5 cm³/mol. The third-order valence-electron chi connectivity index (χ3n) is 3.21. The maximum Gasteiger partial charge on any atom is 0.271 e. The van der Waals surface area contributed by atoms with E-state index in [2.05, 4.69) is 31.1 Å². The monoisotopic (exact) mass is 355 g/mol. The molecular weight excluding hydrogens is 342 g/mol. The molecule has 0 bridgehead atoms. The van der Waals surface area contributed by atoms with Gasteiger partial charge in [-0.3, -0.25) is 20.6 Å². The second kappa shape index (κ2) is 7.45. The van der Waals surface area contributed by atoms with E-state index in [-0.39, 0.29) is 17.4 Å². The van der Waals surface area contributed by atoms with Crippen molar-refractivity contribution in [2.75, 3.05) is 16.5 Å². The van der Waals surface area contributed by atoms with Gasteiger partial charge < -0.3 is 11.1 Å². The number of nitrogens with two attached hydrogens (primary N) is 1. The van der Waals surface area contributed by atoms with Crippen molar-refractivity contribution in [3.05, 3.63) is 65.7 Å². The second-order valence-corrected chi connectivity index (χ2v) is 5.37. The molecule has 0 saturated carbocycles. The van der Waals surface area contributed by atoms with Crippen molar-refractivity contribution in [3.8, 4) is 0 Å². The standard InChI is InChI=1S/C16H14ClN7O/c17-11-3-5-12(6-4-11)22-14-13(18)15(21-9-20-14)23-24-16(25)10-2-1-7-19-8-10/h1-9H,18H2,(H,24,25)(H2,20,21,22,23). The lowest BCUT2D eigenvalue weighted by molar-refractivity contribution is 0.0962. The van der Waals surface area contributed by atoms with E-state index in [9.17, 15) is 4.79 Å². The third-order valence-corrected chi connectivity index (χ3v) is 3.46. The Kier molecular flexibility index (Phi) is 4.91. The highest BCUT2D eigenvalue weighted by Gasteiger charge is 2.10. The molecule has 126 valence electrons. The molecule has 0 atom stereocenters. The van der Waals surface area contributed by atoms with Crippen LogP contribution in [-0.4, -0.2) is 20.9 Å². The minimum Gasteiger partial charge on any atom is -0.393 e. The van der Waals surface area contributed by atoms with Gasteiger partial charge in [-0.2, -0.15) is 0 Å². The molecule has 3 rings (SSSR count). The molecule has 0 radical (unpaired) electrons. The molecule has 25 heavy (non-hydrogen) atoms. The summed E-state index contributed by atoms with van der Waals surface area (Å²) < 4.78 is 0. The Morgan fingerprint density at radius 2 is 1.84 bits per heavy atom. The molecule has 0 aliphatic heterocycles. The molecule has 0 spiro atoms. The van der Waals surface area contributed by atoms with E-state index < -0.39 is 0 Å². The van der Waals surface area contributed by atoms with Gasteiger partial charge in [0.1, 0.15) is 12.0 Å². The number of amides is 1. The van der Waals surface area contributed by atoms with E-state index in [1.165, 1.54) is 12.5 Å². The van der Waals surface area contributed by atoms with Gasteiger partial charge >= 0.3 is 0 Å². The summed E-state index contributed by atoms with van der Waals surface area (Å²) in [7, 11) is 0. The van der Waals surface area contributed by atoms with Crippen LogP contribution in [0.25, 0.3) is 0 Å². The number of carbonyl (C=O) groups is 1. The molecule has 0 aliphatic carbocycles. The van der Waals surface area contributed by atoms with Gasteiger partial charge in [-0.05, 0) is 36.4 Å². The summed E-state index contributed by atoms with van der Waals surface area (Å²) in [6, 6.07) is 10.4. The van der Waals surface area contributed by atoms with Gasteiger partial charge in [0.25, 0.3) is 5.91 Å². The first-order valence-electron chi connectivity index (χ1n) is 7.23. The first kappa shape index (κ1) is 16.5. The number of nitrogens with zero attached hydrogens (tertiary/aromatic N) is 3. The fraction of sp³-hybridized carbons (Fsp3) is 0. The van der Waals surface area contributed by atoms with Gasteiger partial charge in [0.05, 0.1) is 5.56 Å². The van der Waals surface area contributed by atoms with Crippen molar-refractivity contribution in [2.45, 2.75) is 0 Å². The molecule has 0 fully saturated rings. The van der Waals surface area contributed by atoms with Gasteiger partial charge in [0, 0.05) is 23.1 Å². The van der Waals surface area contributed by atoms with Crippen LogP contribution in [0.2, 0.25) is 5.02 Å². The number of benzene rings is 1. The number of pyridine rings is 1. The maximum absolute atomic E-state index is 12.0. The Labute approximate surface area is 148 Å². The number of nitrogens with one attached hydrogen (secondary N) is 3. The van der Waals surface area contributed by atoms with E-state index in [4.69, 9.17) is 17.3 Å². The van der Waals surface area contributed by atoms with Crippen molar-refractivity contribution < 1.29 is 4.79 Å². The topological polar surface area (TPSA) is 118 Å². The number of aromatic nitrogens is 3. The molecule has 8 nitrogen and oxygen atoms in total. The fourth-order valence-electron chi connectivity index (χ4n) is 1.95. The zero-order chi connectivity index (χ0) is 17.6. The van der Waals surface area contributed by atoms with Crippen LogP contribution in [0.3, 0.4) is 0 Å². The van der Waals surface area contributed by atoms with Crippen LogP contribution in [0.1, 0.15) is 10.4 Å². The van der Waals surface area contributed by atoms with Crippen LogP contribution >= 0.6 is 11.6 Å². The lowest BCUT2D eigenvalue weighted by Crippen LogP contribution is -2.30. The average Bonchev–Trinajstić information content (AvgIpc) is 2.64. The molecule has 2 aromatic heterocycles. The number of hydrazine groups is 1. The molecule has 2 heterocycles. The second-order valence-electron chi connectivity index (χ2n) is 4.94. The first-order chi connectivity index (χ1) is 12.1. The van der Waals surface area contributed by atoms with Crippen LogP contribution in [0.5, 0.6) is 0 Å². The number of halogens is 1. The van der Waals surface area contributed by atoms with Gasteiger partial charge in [0.15, 0.2) is 11.6 Å². The zero-order valence-corrected chi connectivity index (χ0v) is 13.7. The van der Waals surface area contributed by atoms with E-state index in [0.29, 0.717) is 16.4 Å². The zero-order valence-electron chi connectivity index (χ0n) is 12.9. The van der Waals surface area contributed by atoms with E-state index in [1.807, 2.05) is 0 Å². The maximum atomic E-state index is 12.0. The van der Waals surface area contributed by atoms with Crippen LogP contribution in [-0.2, 0) is 0 Å². The quantitative estimate of drug-likeness (QED) is 0.519. The molecule has 0 saturated heterocycles. The third kappa shape index (κ3) is 4.12. The molecule has 0 aliphatic rings. The number of hydrogen-bond acceptors (Lipinski definition) is 7. The van der Waals surface area contributed by atoms with E-state index in [1.54, 1.807) is 42.6 Å². The molecular formula is C16H14ClN7O. The lowest BCUT2D eigenvalue weighted by atomic mass is 10.3. The summed E-state index contributed by atoms with van der Waals surface area (Å²) in [5.74, 6) is 0.303. The highest BCUT2D eigenvalue weighted by atomic mass is 35.5. The van der Waals surface area contributed by atoms with Gasteiger partial charge in [-0.25, -0.2) is 9.97 Å². The number of hydrogen-bond donors (Lipinski definition) is 4. The van der Waals surface area contributed by atoms with Crippen molar-refractivity contribution in [1.82, 2.24) is 20.4 Å². The Hall–Kier alpha value is -3.39. The molecule has 5 N–H and O–H groups in total. The van der Waals surface area contributed by atoms with Crippen molar-refractivity contribution in [1.29, 1.82) is 0 Å². The molecule has 0 unspecified atom stereocenters. The first-order valence-corrected chi connectivity index (χ1v) is 7.61. The van der Waals surface area contributed by atoms with E-state index in [0.717, 1.165) is 5.69 Å². The van der Waals surface area contributed by atoms with Crippen LogP contribution < -0.4 is 21.9 Å². The van der Waals surface area contributed by atoms with Crippen molar-refractivity contribution in [2.24, 2.45) is 0 Å². The van der Waals surface area contributed by atoms with Crippen molar-refractivity contribution in [3.63, 3.8) is 0 Å².